The van der Waals surface area contributed by atoms with Gasteiger partial charge in [-0.2, -0.15) is 0 Å². The molecule has 0 aliphatic carbocycles. The highest BCUT2D eigenvalue weighted by atomic mass is 16.7. The van der Waals surface area contributed by atoms with Gasteiger partial charge >= 0.3 is 0 Å². The van der Waals surface area contributed by atoms with Crippen molar-refractivity contribution in [1.29, 1.82) is 0 Å². The molecule has 3 aromatic carbocycles. The van der Waals surface area contributed by atoms with E-state index >= 15 is 0 Å². The summed E-state index contributed by atoms with van der Waals surface area (Å²) in [6, 6.07) is 27.2. The molecule has 0 bridgehead atoms. The number of benzene rings is 3. The molecule has 3 aromatic rings. The Morgan fingerprint density at radius 1 is 0.891 bits per heavy atom. The van der Waals surface area contributed by atoms with Crippen LogP contribution in [-0.2, 0) is 27.6 Å². The monoisotopic (exact) mass is 626 g/mol. The second-order valence-electron chi connectivity index (χ2n) is 13.3. The number of Topliss-reactive ketones (excluding diaryl/α,β-unsaturated/α-hetero) is 1. The zero-order valence-electron chi connectivity index (χ0n) is 27.9. The Balaban J connectivity index is 1.37. The summed E-state index contributed by atoms with van der Waals surface area (Å²) in [7, 11) is 0. The van der Waals surface area contributed by atoms with Crippen molar-refractivity contribution in [3.8, 4) is 0 Å². The summed E-state index contributed by atoms with van der Waals surface area (Å²) in [5, 5.41) is 4.26. The molecule has 1 heterocycles. The SMILES string of the molecule is CCCC[C@H](CN(C=O)OCc1ccccc1)C(=O)N[C@H](C(=O)c1ccc(N2CCN(Cc3ccccc3)CC2)cc1)C(C)(C)C. The number of anilines is 1. The molecule has 8 nitrogen and oxygen atoms in total. The number of unbranched alkanes of at least 4 members (excludes halogenated alkanes) is 1. The number of carbonyl (C=O) groups excluding carboxylic acids is 3. The Hall–Kier alpha value is -4.01. The smallest absolute Gasteiger partial charge is 0.233 e. The van der Waals surface area contributed by atoms with Crippen LogP contribution in [0.4, 0.5) is 5.69 Å². The highest BCUT2D eigenvalue weighted by Gasteiger charge is 2.35. The van der Waals surface area contributed by atoms with Crippen molar-refractivity contribution < 1.29 is 19.2 Å². The van der Waals surface area contributed by atoms with Gasteiger partial charge in [0, 0.05) is 44.0 Å². The number of hydrogen-bond acceptors (Lipinski definition) is 6. The maximum atomic E-state index is 13.9. The van der Waals surface area contributed by atoms with Crippen molar-refractivity contribution in [1.82, 2.24) is 15.3 Å². The fourth-order valence-electron chi connectivity index (χ4n) is 5.78. The van der Waals surface area contributed by atoms with Gasteiger partial charge in [-0.05, 0) is 47.2 Å². The van der Waals surface area contributed by atoms with Gasteiger partial charge in [0.05, 0.1) is 18.5 Å². The average molecular weight is 627 g/mol. The number of nitrogens with zero attached hydrogens (tertiary/aromatic N) is 3. The van der Waals surface area contributed by atoms with Crippen LogP contribution in [0.1, 0.15) is 68.4 Å². The molecule has 8 heteroatoms. The standard InChI is InChI=1S/C38H50N4O4/c1-5-6-17-33(27-42(29-43)46-28-31-15-11-8-12-16-31)37(45)39-36(38(2,3)4)35(44)32-18-20-34(21-19-32)41-24-22-40(23-25-41)26-30-13-9-7-10-14-30/h7-16,18-21,29,33,36H,5-6,17,22-28H2,1-4H3,(H,39,45)/t33-,36-/m1/s1. The van der Waals surface area contributed by atoms with Crippen LogP contribution in [0.25, 0.3) is 0 Å². The molecule has 46 heavy (non-hydrogen) atoms. The molecule has 1 N–H and O–H groups in total. The van der Waals surface area contributed by atoms with Gasteiger partial charge < -0.3 is 10.2 Å². The van der Waals surface area contributed by atoms with Crippen LogP contribution in [0.5, 0.6) is 0 Å². The Morgan fingerprint density at radius 2 is 1.50 bits per heavy atom. The fraction of sp³-hybridized carbons (Fsp3) is 0.447. The van der Waals surface area contributed by atoms with Gasteiger partial charge in [-0.25, -0.2) is 5.06 Å². The molecular formula is C38H50N4O4. The van der Waals surface area contributed by atoms with E-state index in [0.717, 1.165) is 56.8 Å². The van der Waals surface area contributed by atoms with Gasteiger partial charge in [-0.15, -0.1) is 0 Å². The van der Waals surface area contributed by atoms with Crippen LogP contribution in [-0.4, -0.2) is 66.8 Å². The summed E-state index contributed by atoms with van der Waals surface area (Å²) < 4.78 is 0. The van der Waals surface area contributed by atoms with Crippen molar-refractivity contribution in [3.63, 3.8) is 0 Å². The van der Waals surface area contributed by atoms with E-state index in [2.05, 4.69) is 46.3 Å². The summed E-state index contributed by atoms with van der Waals surface area (Å²) in [5.74, 6) is -0.884. The first-order chi connectivity index (χ1) is 22.2. The number of amides is 2. The van der Waals surface area contributed by atoms with E-state index in [1.54, 1.807) is 0 Å². The normalized spacial score (nSPS) is 15.2. The predicted molar refractivity (Wildman–Crippen MR) is 183 cm³/mol. The van der Waals surface area contributed by atoms with E-state index in [1.807, 2.05) is 81.4 Å². The van der Waals surface area contributed by atoms with Crippen LogP contribution < -0.4 is 10.2 Å². The summed E-state index contributed by atoms with van der Waals surface area (Å²) in [6.45, 7) is 13.0. The lowest BCUT2D eigenvalue weighted by Gasteiger charge is -2.36. The highest BCUT2D eigenvalue weighted by molar-refractivity contribution is 6.02. The first-order valence-corrected chi connectivity index (χ1v) is 16.5. The molecular weight excluding hydrogens is 576 g/mol. The zero-order chi connectivity index (χ0) is 32.9. The summed E-state index contributed by atoms with van der Waals surface area (Å²) >= 11 is 0. The Kier molecular flexibility index (Phi) is 12.9. The van der Waals surface area contributed by atoms with Gasteiger partial charge in [-0.3, -0.25) is 24.1 Å². The zero-order valence-corrected chi connectivity index (χ0v) is 27.9. The van der Waals surface area contributed by atoms with Gasteiger partial charge in [0.15, 0.2) is 5.78 Å². The Labute approximate surface area is 274 Å². The van der Waals surface area contributed by atoms with Crippen molar-refractivity contribution in [2.75, 3.05) is 37.6 Å². The summed E-state index contributed by atoms with van der Waals surface area (Å²) in [4.78, 5) is 50.0. The van der Waals surface area contributed by atoms with E-state index in [1.165, 1.54) is 10.6 Å². The minimum atomic E-state index is -0.730. The quantitative estimate of drug-likeness (QED) is 0.117. The minimum Gasteiger partial charge on any atom is -0.369 e. The number of hydroxylamine groups is 2. The number of rotatable bonds is 16. The third kappa shape index (κ3) is 10.3. The first kappa shape index (κ1) is 34.9. The molecule has 2 amide bonds. The second kappa shape index (κ2) is 17.1. The number of piperazine rings is 1. The van der Waals surface area contributed by atoms with Gasteiger partial charge in [0.2, 0.25) is 12.3 Å². The molecule has 0 aromatic heterocycles. The molecule has 0 spiro atoms. The summed E-state index contributed by atoms with van der Waals surface area (Å²) in [6.07, 6.45) is 2.93. The third-order valence-electron chi connectivity index (χ3n) is 8.59. The highest BCUT2D eigenvalue weighted by Crippen LogP contribution is 2.26. The second-order valence-corrected chi connectivity index (χ2v) is 13.3. The van der Waals surface area contributed by atoms with Crippen LogP contribution in [0.15, 0.2) is 84.9 Å². The molecule has 246 valence electrons. The van der Waals surface area contributed by atoms with E-state index in [-0.39, 0.29) is 24.8 Å². The van der Waals surface area contributed by atoms with E-state index in [0.29, 0.717) is 18.4 Å². The topological polar surface area (TPSA) is 82.2 Å². The summed E-state index contributed by atoms with van der Waals surface area (Å²) in [5.41, 5.74) is 3.39. The largest absolute Gasteiger partial charge is 0.369 e. The lowest BCUT2D eigenvalue weighted by atomic mass is 9.81. The van der Waals surface area contributed by atoms with Crippen molar-refractivity contribution in [3.05, 3.63) is 102 Å². The fourth-order valence-corrected chi connectivity index (χ4v) is 5.78. The Morgan fingerprint density at radius 3 is 2.07 bits per heavy atom. The first-order valence-electron chi connectivity index (χ1n) is 16.5. The van der Waals surface area contributed by atoms with E-state index in [4.69, 9.17) is 4.84 Å². The average Bonchev–Trinajstić information content (AvgIpc) is 3.07. The molecule has 1 fully saturated rings. The molecule has 0 unspecified atom stereocenters. The van der Waals surface area contributed by atoms with Crippen LogP contribution >= 0.6 is 0 Å². The lowest BCUT2D eigenvalue weighted by molar-refractivity contribution is -0.182. The van der Waals surface area contributed by atoms with E-state index in [9.17, 15) is 14.4 Å². The van der Waals surface area contributed by atoms with Crippen LogP contribution in [0.3, 0.4) is 0 Å². The van der Waals surface area contributed by atoms with Gasteiger partial charge in [-0.1, -0.05) is 101 Å². The maximum absolute atomic E-state index is 13.9. The van der Waals surface area contributed by atoms with Crippen molar-refractivity contribution in [2.45, 2.75) is 66.2 Å². The molecule has 1 aliphatic rings. The number of carbonyl (C=O) groups is 3. The third-order valence-corrected chi connectivity index (χ3v) is 8.59. The van der Waals surface area contributed by atoms with Crippen LogP contribution in [0, 0.1) is 11.3 Å². The van der Waals surface area contributed by atoms with Crippen LogP contribution in [0.2, 0.25) is 0 Å². The predicted octanol–water partition coefficient (Wildman–Crippen LogP) is 6.12. The number of hydrogen-bond donors (Lipinski definition) is 1. The number of nitrogens with one attached hydrogen (secondary N) is 1. The van der Waals surface area contributed by atoms with Crippen molar-refractivity contribution >= 4 is 23.8 Å². The van der Waals surface area contributed by atoms with Gasteiger partial charge in [0.25, 0.3) is 0 Å². The number of ketones is 1. The Bertz CT molecular complexity index is 1370. The molecule has 4 rings (SSSR count). The molecule has 0 radical (unpaired) electrons. The minimum absolute atomic E-state index is 0.112. The van der Waals surface area contributed by atoms with Gasteiger partial charge in [0.1, 0.15) is 6.61 Å². The molecule has 1 saturated heterocycles. The lowest BCUT2D eigenvalue weighted by Crippen LogP contribution is -2.52. The molecule has 2 atom stereocenters. The van der Waals surface area contributed by atoms with Crippen molar-refractivity contribution in [2.24, 2.45) is 11.3 Å². The molecule has 0 saturated carbocycles. The maximum Gasteiger partial charge on any atom is 0.233 e. The van der Waals surface area contributed by atoms with E-state index < -0.39 is 17.4 Å². The molecule has 1 aliphatic heterocycles.